The van der Waals surface area contributed by atoms with Gasteiger partial charge in [-0.1, -0.05) is 12.2 Å². The number of hydrogen-bond acceptors (Lipinski definition) is 4. The molecule has 0 bridgehead atoms. The van der Waals surface area contributed by atoms with E-state index in [2.05, 4.69) is 15.4 Å². The molecule has 1 rings (SSSR count). The average Bonchev–Trinajstić information content (AvgIpc) is 2.33. The highest BCUT2D eigenvalue weighted by atomic mass is 32.1. The predicted octanol–water partition coefficient (Wildman–Crippen LogP) is 0.556. The molecule has 1 aromatic rings. The van der Waals surface area contributed by atoms with E-state index in [0.29, 0.717) is 10.5 Å². The van der Waals surface area contributed by atoms with Crippen molar-refractivity contribution in [3.05, 3.63) is 4.64 Å². The van der Waals surface area contributed by atoms with Crippen LogP contribution in [-0.4, -0.2) is 21.5 Å². The highest BCUT2D eigenvalue weighted by Gasteiger charge is 2.09. The Bertz CT molecular complexity index is 274. The molecule has 0 amide bonds. The Hall–Kier alpha value is -0.880. The van der Waals surface area contributed by atoms with Crippen LogP contribution in [0.15, 0.2) is 0 Å². The largest absolute Gasteiger partial charge is 0.288 e. The van der Waals surface area contributed by atoms with Crippen molar-refractivity contribution in [2.24, 2.45) is 5.84 Å². The van der Waals surface area contributed by atoms with Crippen molar-refractivity contribution in [2.75, 3.05) is 5.01 Å². The lowest BCUT2D eigenvalue weighted by Crippen LogP contribution is -2.37. The van der Waals surface area contributed by atoms with Crippen LogP contribution in [0.4, 0.5) is 5.82 Å². The van der Waals surface area contributed by atoms with Crippen LogP contribution in [0, 0.1) is 4.64 Å². The van der Waals surface area contributed by atoms with Gasteiger partial charge in [0.05, 0.1) is 0 Å². The van der Waals surface area contributed by atoms with Crippen LogP contribution in [0.2, 0.25) is 0 Å². The Labute approximate surface area is 69.5 Å². The van der Waals surface area contributed by atoms with E-state index in [1.807, 2.05) is 13.8 Å². The number of aromatic nitrogens is 3. The van der Waals surface area contributed by atoms with E-state index in [1.54, 1.807) is 0 Å². The molecular formula is C5H11N5S. The first-order chi connectivity index (χ1) is 5.13. The zero-order chi connectivity index (χ0) is 8.43. The summed E-state index contributed by atoms with van der Waals surface area (Å²) >= 11 is 4.91. The standard InChI is InChI=1S/C5H11N5S/c1-3(2)10(6)4-5(11)8-9-7-4/h3H,6H2,1-2H3,(H2,7,8,9,11). The minimum Gasteiger partial charge on any atom is -0.288 e. The number of hydrogen-bond donors (Lipinski definition) is 3. The van der Waals surface area contributed by atoms with Gasteiger partial charge in [0, 0.05) is 6.04 Å². The molecule has 62 valence electrons. The molecule has 0 radical (unpaired) electrons. The van der Waals surface area contributed by atoms with E-state index in [1.165, 1.54) is 5.01 Å². The molecule has 4 N–H and O–H groups in total. The molecule has 0 atom stereocenters. The molecule has 0 aliphatic heterocycles. The van der Waals surface area contributed by atoms with E-state index >= 15 is 0 Å². The van der Waals surface area contributed by atoms with E-state index in [0.717, 1.165) is 0 Å². The lowest BCUT2D eigenvalue weighted by Gasteiger charge is -2.18. The van der Waals surface area contributed by atoms with Gasteiger partial charge in [-0.25, -0.2) is 11.1 Å². The quantitative estimate of drug-likeness (QED) is 0.347. The van der Waals surface area contributed by atoms with Gasteiger partial charge in [0.25, 0.3) is 0 Å². The van der Waals surface area contributed by atoms with Crippen molar-refractivity contribution in [1.82, 2.24) is 15.4 Å². The Kier molecular flexibility index (Phi) is 2.25. The topological polar surface area (TPSA) is 73.7 Å². The van der Waals surface area contributed by atoms with Crippen LogP contribution in [0.5, 0.6) is 0 Å². The van der Waals surface area contributed by atoms with Crippen molar-refractivity contribution in [2.45, 2.75) is 19.9 Å². The number of hydrazine groups is 1. The van der Waals surface area contributed by atoms with Crippen LogP contribution in [0.1, 0.15) is 13.8 Å². The second-order valence-corrected chi connectivity index (χ2v) is 2.91. The fraction of sp³-hybridized carbons (Fsp3) is 0.600. The molecule has 0 fully saturated rings. The lowest BCUT2D eigenvalue weighted by molar-refractivity contribution is 0.698. The first-order valence-electron chi connectivity index (χ1n) is 3.30. The summed E-state index contributed by atoms with van der Waals surface area (Å²) in [7, 11) is 0. The van der Waals surface area contributed by atoms with Crippen LogP contribution >= 0.6 is 12.2 Å². The van der Waals surface area contributed by atoms with Crippen LogP contribution < -0.4 is 10.9 Å². The zero-order valence-corrected chi connectivity index (χ0v) is 7.27. The number of anilines is 1. The third-order valence-corrected chi connectivity index (χ3v) is 1.62. The van der Waals surface area contributed by atoms with E-state index in [4.69, 9.17) is 18.1 Å². The molecule has 11 heavy (non-hydrogen) atoms. The fourth-order valence-electron chi connectivity index (χ4n) is 0.658. The molecule has 1 heterocycles. The van der Waals surface area contributed by atoms with E-state index in [-0.39, 0.29) is 6.04 Å². The molecule has 0 saturated heterocycles. The fourth-order valence-corrected chi connectivity index (χ4v) is 0.855. The molecule has 0 aliphatic rings. The number of nitrogens with zero attached hydrogens (tertiary/aromatic N) is 2. The summed E-state index contributed by atoms with van der Waals surface area (Å²) in [5, 5.41) is 10.6. The maximum atomic E-state index is 5.65. The summed E-state index contributed by atoms with van der Waals surface area (Å²) in [6, 6.07) is 0.188. The van der Waals surface area contributed by atoms with Gasteiger partial charge in [0.1, 0.15) is 0 Å². The van der Waals surface area contributed by atoms with Gasteiger partial charge in [-0.15, -0.1) is 5.10 Å². The van der Waals surface area contributed by atoms with Gasteiger partial charge in [-0.05, 0) is 13.8 Å². The summed E-state index contributed by atoms with van der Waals surface area (Å²) in [5.74, 6) is 6.23. The minimum absolute atomic E-state index is 0.188. The van der Waals surface area contributed by atoms with Crippen LogP contribution in [0.3, 0.4) is 0 Å². The van der Waals surface area contributed by atoms with Gasteiger partial charge in [-0.2, -0.15) is 0 Å². The van der Waals surface area contributed by atoms with Crippen LogP contribution in [-0.2, 0) is 0 Å². The first kappa shape index (κ1) is 8.22. The predicted molar refractivity (Wildman–Crippen MR) is 45.6 cm³/mol. The number of nitrogens with two attached hydrogens (primary N) is 1. The van der Waals surface area contributed by atoms with Crippen LogP contribution in [0.25, 0.3) is 0 Å². The zero-order valence-electron chi connectivity index (χ0n) is 6.46. The lowest BCUT2D eigenvalue weighted by atomic mass is 10.4. The van der Waals surface area contributed by atoms with Crippen molar-refractivity contribution in [1.29, 1.82) is 0 Å². The second kappa shape index (κ2) is 3.02. The van der Waals surface area contributed by atoms with E-state index in [9.17, 15) is 0 Å². The maximum Gasteiger partial charge on any atom is 0.201 e. The molecule has 0 aromatic carbocycles. The Morgan fingerprint density at radius 3 is 2.64 bits per heavy atom. The first-order valence-corrected chi connectivity index (χ1v) is 3.70. The monoisotopic (exact) mass is 173 g/mol. The van der Waals surface area contributed by atoms with Gasteiger partial charge < -0.3 is 0 Å². The average molecular weight is 173 g/mol. The van der Waals surface area contributed by atoms with Crippen molar-refractivity contribution >= 4 is 18.0 Å². The van der Waals surface area contributed by atoms with Crippen molar-refractivity contribution < 1.29 is 0 Å². The summed E-state index contributed by atoms with van der Waals surface area (Å²) in [6.45, 7) is 3.92. The summed E-state index contributed by atoms with van der Waals surface area (Å²) in [5.41, 5.74) is 0. The number of H-pyrrole nitrogens is 2. The van der Waals surface area contributed by atoms with Gasteiger partial charge in [0.15, 0.2) is 4.64 Å². The summed E-state index contributed by atoms with van der Waals surface area (Å²) < 4.78 is 0.529. The molecule has 0 saturated carbocycles. The molecule has 0 unspecified atom stereocenters. The highest BCUT2D eigenvalue weighted by molar-refractivity contribution is 7.71. The molecule has 0 spiro atoms. The molecule has 5 nitrogen and oxygen atoms in total. The number of aromatic amines is 2. The van der Waals surface area contributed by atoms with Gasteiger partial charge in [0.2, 0.25) is 5.82 Å². The number of rotatable bonds is 2. The minimum atomic E-state index is 0.188. The highest BCUT2D eigenvalue weighted by Crippen LogP contribution is 2.07. The van der Waals surface area contributed by atoms with Crippen molar-refractivity contribution in [3.63, 3.8) is 0 Å². The van der Waals surface area contributed by atoms with E-state index < -0.39 is 0 Å². The Morgan fingerprint density at radius 1 is 1.64 bits per heavy atom. The third-order valence-electron chi connectivity index (χ3n) is 1.34. The van der Waals surface area contributed by atoms with Gasteiger partial charge in [-0.3, -0.25) is 10.1 Å². The maximum absolute atomic E-state index is 5.65. The summed E-state index contributed by atoms with van der Waals surface area (Å²) in [6.07, 6.45) is 0. The van der Waals surface area contributed by atoms with Gasteiger partial charge >= 0.3 is 0 Å². The SMILES string of the molecule is CC(C)N(N)c1n[nH][nH]c1=S. The Balaban J connectivity index is 2.93. The molecule has 0 aliphatic carbocycles. The molecule has 6 heteroatoms. The molecular weight excluding hydrogens is 162 g/mol. The summed E-state index contributed by atoms with van der Waals surface area (Å²) in [4.78, 5) is 0. The number of nitrogens with one attached hydrogen (secondary N) is 2. The second-order valence-electron chi connectivity index (χ2n) is 2.50. The smallest absolute Gasteiger partial charge is 0.201 e. The normalized spacial score (nSPS) is 10.5. The Morgan fingerprint density at radius 2 is 2.27 bits per heavy atom. The third kappa shape index (κ3) is 1.58. The van der Waals surface area contributed by atoms with Crippen molar-refractivity contribution in [3.8, 4) is 0 Å². The molecule has 1 aromatic heterocycles.